The van der Waals surface area contributed by atoms with Crippen molar-refractivity contribution in [1.82, 2.24) is 9.80 Å². The zero-order valence-corrected chi connectivity index (χ0v) is 11.3. The Morgan fingerprint density at radius 2 is 2.00 bits per heavy atom. The third-order valence-corrected chi connectivity index (χ3v) is 4.21. The van der Waals surface area contributed by atoms with Gasteiger partial charge in [0.2, 0.25) is 0 Å². The number of piperazine rings is 1. The number of amides is 1. The summed E-state index contributed by atoms with van der Waals surface area (Å²) in [6.45, 7) is 3.95. The van der Waals surface area contributed by atoms with Crippen LogP contribution in [-0.4, -0.2) is 55.0 Å². The molecule has 1 atom stereocenters. The summed E-state index contributed by atoms with van der Waals surface area (Å²) in [5, 5.41) is 0. The molecule has 1 aromatic rings. The molecule has 4 heteroatoms. The van der Waals surface area contributed by atoms with Crippen LogP contribution >= 0.6 is 0 Å². The maximum Gasteiger partial charge on any atom is 0.253 e. The molecule has 0 aromatic heterocycles. The number of carbonyl (C=O) groups is 1. The highest BCUT2D eigenvalue weighted by Crippen LogP contribution is 2.23. The van der Waals surface area contributed by atoms with E-state index in [2.05, 4.69) is 4.90 Å². The number of hydrogen-bond acceptors (Lipinski definition) is 3. The highest BCUT2D eigenvalue weighted by atomic mass is 16.5. The fraction of sp³-hybridized carbons (Fsp3) is 0.533. The number of hydrogen-bond donors (Lipinski definition) is 0. The lowest BCUT2D eigenvalue weighted by Crippen LogP contribution is -2.52. The Labute approximate surface area is 113 Å². The minimum absolute atomic E-state index is 0.147. The molecule has 4 nitrogen and oxygen atoms in total. The van der Waals surface area contributed by atoms with E-state index in [1.165, 1.54) is 19.4 Å². The number of rotatable bonds is 2. The summed E-state index contributed by atoms with van der Waals surface area (Å²) in [4.78, 5) is 17.0. The second kappa shape index (κ2) is 5.21. The smallest absolute Gasteiger partial charge is 0.253 e. The molecule has 2 fully saturated rings. The molecule has 0 aliphatic carbocycles. The lowest BCUT2D eigenvalue weighted by molar-refractivity contribution is 0.0571. The molecule has 0 spiro atoms. The molecule has 2 heterocycles. The van der Waals surface area contributed by atoms with E-state index < -0.39 is 0 Å². The summed E-state index contributed by atoms with van der Waals surface area (Å²) in [5.74, 6) is 0.936. The van der Waals surface area contributed by atoms with Gasteiger partial charge in [-0.1, -0.05) is 0 Å². The van der Waals surface area contributed by atoms with Crippen LogP contribution in [0.2, 0.25) is 0 Å². The summed E-state index contributed by atoms with van der Waals surface area (Å²) in [6, 6.07) is 7.97. The molecule has 0 unspecified atom stereocenters. The van der Waals surface area contributed by atoms with Crippen LogP contribution < -0.4 is 4.74 Å². The second-order valence-corrected chi connectivity index (χ2v) is 5.31. The van der Waals surface area contributed by atoms with Gasteiger partial charge in [0.05, 0.1) is 7.11 Å². The summed E-state index contributed by atoms with van der Waals surface area (Å²) in [6.07, 6.45) is 2.50. The van der Waals surface area contributed by atoms with Crippen LogP contribution in [-0.2, 0) is 0 Å². The Bertz CT molecular complexity index is 458. The molecular formula is C15H20N2O2. The molecule has 0 saturated carbocycles. The monoisotopic (exact) mass is 260 g/mol. The van der Waals surface area contributed by atoms with E-state index in [0.29, 0.717) is 6.04 Å². The number of carbonyl (C=O) groups excluding carboxylic acids is 1. The van der Waals surface area contributed by atoms with E-state index in [0.717, 1.165) is 30.9 Å². The number of benzene rings is 1. The minimum atomic E-state index is 0.147. The van der Waals surface area contributed by atoms with Crippen molar-refractivity contribution in [3.8, 4) is 5.75 Å². The molecule has 102 valence electrons. The van der Waals surface area contributed by atoms with Crippen LogP contribution in [0.4, 0.5) is 0 Å². The molecule has 19 heavy (non-hydrogen) atoms. The van der Waals surface area contributed by atoms with Crippen LogP contribution in [0.3, 0.4) is 0 Å². The fourth-order valence-electron chi connectivity index (χ4n) is 3.09. The third kappa shape index (κ3) is 2.45. The molecule has 0 radical (unpaired) electrons. The zero-order valence-electron chi connectivity index (χ0n) is 11.3. The Morgan fingerprint density at radius 3 is 2.74 bits per heavy atom. The van der Waals surface area contributed by atoms with Crippen LogP contribution in [0, 0.1) is 0 Å². The van der Waals surface area contributed by atoms with Gasteiger partial charge in [-0.15, -0.1) is 0 Å². The first-order valence-corrected chi connectivity index (χ1v) is 6.95. The molecule has 1 amide bonds. The van der Waals surface area contributed by atoms with E-state index in [-0.39, 0.29) is 5.91 Å². The first kappa shape index (κ1) is 12.5. The van der Waals surface area contributed by atoms with Gasteiger partial charge in [-0.3, -0.25) is 9.69 Å². The van der Waals surface area contributed by atoms with E-state index >= 15 is 0 Å². The van der Waals surface area contributed by atoms with Crippen LogP contribution in [0.25, 0.3) is 0 Å². The molecule has 0 bridgehead atoms. The maximum absolute atomic E-state index is 12.5. The number of methoxy groups -OCH3 is 1. The third-order valence-electron chi connectivity index (χ3n) is 4.21. The highest BCUT2D eigenvalue weighted by molar-refractivity contribution is 5.94. The standard InChI is InChI=1S/C15H20N2O2/c1-19-14-6-4-12(5-7-14)15(18)17-10-9-16-8-2-3-13(16)11-17/h4-7,13H,2-3,8-11H2,1H3/t13-/m1/s1. The van der Waals surface area contributed by atoms with Gasteiger partial charge in [0.25, 0.3) is 5.91 Å². The Morgan fingerprint density at radius 1 is 1.21 bits per heavy atom. The van der Waals surface area contributed by atoms with Crippen LogP contribution in [0.15, 0.2) is 24.3 Å². The van der Waals surface area contributed by atoms with Gasteiger partial charge in [-0.05, 0) is 43.7 Å². The first-order chi connectivity index (χ1) is 9.28. The van der Waals surface area contributed by atoms with Crippen molar-refractivity contribution in [1.29, 1.82) is 0 Å². The van der Waals surface area contributed by atoms with Gasteiger partial charge in [-0.25, -0.2) is 0 Å². The van der Waals surface area contributed by atoms with E-state index in [1.807, 2.05) is 29.2 Å². The van der Waals surface area contributed by atoms with Crippen LogP contribution in [0.5, 0.6) is 5.75 Å². The average Bonchev–Trinajstić information content (AvgIpc) is 2.94. The SMILES string of the molecule is COc1ccc(C(=O)N2CCN3CCC[C@@H]3C2)cc1. The van der Waals surface area contributed by atoms with Gasteiger partial charge in [0, 0.05) is 31.2 Å². The molecule has 0 N–H and O–H groups in total. The van der Waals surface area contributed by atoms with Gasteiger partial charge in [0.1, 0.15) is 5.75 Å². The molecule has 1 aromatic carbocycles. The van der Waals surface area contributed by atoms with Crippen molar-refractivity contribution in [3.63, 3.8) is 0 Å². The number of fused-ring (bicyclic) bond motifs is 1. The predicted octanol–water partition coefficient (Wildman–Crippen LogP) is 1.62. The lowest BCUT2D eigenvalue weighted by Gasteiger charge is -2.37. The summed E-state index contributed by atoms with van der Waals surface area (Å²) >= 11 is 0. The largest absolute Gasteiger partial charge is 0.497 e. The molecule has 2 saturated heterocycles. The summed E-state index contributed by atoms with van der Waals surface area (Å²) in [5.41, 5.74) is 0.757. The highest BCUT2D eigenvalue weighted by Gasteiger charge is 2.32. The Kier molecular flexibility index (Phi) is 3.42. The van der Waals surface area contributed by atoms with E-state index in [9.17, 15) is 4.79 Å². The normalized spacial score (nSPS) is 23.2. The predicted molar refractivity (Wildman–Crippen MR) is 73.5 cm³/mol. The van der Waals surface area contributed by atoms with E-state index in [4.69, 9.17) is 4.74 Å². The van der Waals surface area contributed by atoms with Gasteiger partial charge < -0.3 is 9.64 Å². The zero-order chi connectivity index (χ0) is 13.2. The van der Waals surface area contributed by atoms with Crippen LogP contribution in [0.1, 0.15) is 23.2 Å². The molecular weight excluding hydrogens is 240 g/mol. The quantitative estimate of drug-likeness (QED) is 0.810. The average molecular weight is 260 g/mol. The van der Waals surface area contributed by atoms with Gasteiger partial charge >= 0.3 is 0 Å². The van der Waals surface area contributed by atoms with Crippen molar-refractivity contribution in [2.24, 2.45) is 0 Å². The van der Waals surface area contributed by atoms with Crippen molar-refractivity contribution in [2.75, 3.05) is 33.3 Å². The number of ether oxygens (including phenoxy) is 1. The van der Waals surface area contributed by atoms with E-state index in [1.54, 1.807) is 7.11 Å². The fourth-order valence-corrected chi connectivity index (χ4v) is 3.09. The molecule has 3 rings (SSSR count). The number of nitrogens with zero attached hydrogens (tertiary/aromatic N) is 2. The minimum Gasteiger partial charge on any atom is -0.497 e. The van der Waals surface area contributed by atoms with Gasteiger partial charge in [0.15, 0.2) is 0 Å². The second-order valence-electron chi connectivity index (χ2n) is 5.31. The molecule has 2 aliphatic heterocycles. The summed E-state index contributed by atoms with van der Waals surface area (Å²) in [7, 11) is 1.64. The lowest BCUT2D eigenvalue weighted by atomic mass is 10.1. The van der Waals surface area contributed by atoms with Crippen molar-refractivity contribution < 1.29 is 9.53 Å². The summed E-state index contributed by atoms with van der Waals surface area (Å²) < 4.78 is 5.12. The van der Waals surface area contributed by atoms with Crippen molar-refractivity contribution in [2.45, 2.75) is 18.9 Å². The maximum atomic E-state index is 12.5. The van der Waals surface area contributed by atoms with Gasteiger partial charge in [-0.2, -0.15) is 0 Å². The van der Waals surface area contributed by atoms with Crippen molar-refractivity contribution >= 4 is 5.91 Å². The Balaban J connectivity index is 1.69. The first-order valence-electron chi connectivity index (χ1n) is 6.95. The molecule has 2 aliphatic rings. The van der Waals surface area contributed by atoms with Crippen molar-refractivity contribution in [3.05, 3.63) is 29.8 Å². The topological polar surface area (TPSA) is 32.8 Å². The Hall–Kier alpha value is -1.55.